The van der Waals surface area contributed by atoms with Gasteiger partial charge in [-0.1, -0.05) is 12.1 Å². The lowest BCUT2D eigenvalue weighted by Gasteiger charge is -2.23. The molecule has 0 bridgehead atoms. The molecule has 6 nitrogen and oxygen atoms in total. The summed E-state index contributed by atoms with van der Waals surface area (Å²) in [7, 11) is 0. The lowest BCUT2D eigenvalue weighted by atomic mass is 10.2. The zero-order chi connectivity index (χ0) is 17.2. The van der Waals surface area contributed by atoms with Crippen molar-refractivity contribution in [3.8, 4) is 0 Å². The molecule has 1 saturated heterocycles. The zero-order valence-corrected chi connectivity index (χ0v) is 15.4. The fourth-order valence-corrected chi connectivity index (χ4v) is 3.06. The molecule has 0 aromatic heterocycles. The van der Waals surface area contributed by atoms with Crippen LogP contribution in [0.5, 0.6) is 0 Å². The van der Waals surface area contributed by atoms with Crippen LogP contribution in [0.3, 0.4) is 0 Å². The monoisotopic (exact) mass is 398 g/mol. The molecule has 1 aromatic rings. The van der Waals surface area contributed by atoms with Crippen molar-refractivity contribution >= 4 is 27.7 Å². The number of rotatable bonds is 8. The summed E-state index contributed by atoms with van der Waals surface area (Å²) in [4.78, 5) is 25.3. The van der Waals surface area contributed by atoms with Crippen molar-refractivity contribution < 1.29 is 19.2 Å². The Morgan fingerprint density at radius 3 is 2.62 bits per heavy atom. The molecule has 0 saturated carbocycles. The van der Waals surface area contributed by atoms with Crippen LogP contribution in [0.25, 0.3) is 0 Å². The van der Waals surface area contributed by atoms with E-state index < -0.39 is 0 Å². The van der Waals surface area contributed by atoms with Crippen molar-refractivity contribution in [3.63, 3.8) is 0 Å². The van der Waals surface area contributed by atoms with Crippen molar-refractivity contribution in [2.24, 2.45) is 0 Å². The molecule has 1 fully saturated rings. The lowest BCUT2D eigenvalue weighted by molar-refractivity contribution is -0.908. The topological polar surface area (TPSA) is 71.9 Å². The van der Waals surface area contributed by atoms with Gasteiger partial charge < -0.3 is 20.3 Å². The molecule has 132 valence electrons. The van der Waals surface area contributed by atoms with E-state index in [9.17, 15) is 9.59 Å². The summed E-state index contributed by atoms with van der Waals surface area (Å²) >= 11 is 3.34. The average Bonchev–Trinajstić information content (AvgIpc) is 2.60. The van der Waals surface area contributed by atoms with Gasteiger partial charge in [0.1, 0.15) is 13.1 Å². The number of halogens is 1. The van der Waals surface area contributed by atoms with Gasteiger partial charge in [0.2, 0.25) is 5.91 Å². The number of ether oxygens (including phenoxy) is 1. The van der Waals surface area contributed by atoms with E-state index in [1.165, 1.54) is 4.90 Å². The number of nitrogens with one attached hydrogen (secondary N) is 3. The van der Waals surface area contributed by atoms with Crippen molar-refractivity contribution in [1.29, 1.82) is 0 Å². The first-order valence-electron chi connectivity index (χ1n) is 8.37. The predicted molar refractivity (Wildman–Crippen MR) is 95.1 cm³/mol. The second-order valence-corrected chi connectivity index (χ2v) is 6.66. The van der Waals surface area contributed by atoms with E-state index in [1.54, 1.807) is 6.07 Å². The fourth-order valence-electron chi connectivity index (χ4n) is 2.59. The smallest absolute Gasteiger partial charge is 0.252 e. The van der Waals surface area contributed by atoms with E-state index in [0.29, 0.717) is 25.1 Å². The second-order valence-electron chi connectivity index (χ2n) is 5.80. The number of quaternary nitrogens is 1. The van der Waals surface area contributed by atoms with Gasteiger partial charge in [-0.25, -0.2) is 0 Å². The van der Waals surface area contributed by atoms with Gasteiger partial charge in [0.05, 0.1) is 25.3 Å². The van der Waals surface area contributed by atoms with Crippen LogP contribution in [0, 0.1) is 0 Å². The third-order valence-corrected chi connectivity index (χ3v) is 4.68. The summed E-state index contributed by atoms with van der Waals surface area (Å²) in [6.07, 6.45) is 1.25. The SMILES string of the molecule is O=C(CCNC(=O)c1ccccc1Br)NCCC[NH+]1CCOCC1. The lowest BCUT2D eigenvalue weighted by Crippen LogP contribution is -3.14. The van der Waals surface area contributed by atoms with Gasteiger partial charge in [-0.2, -0.15) is 0 Å². The molecule has 1 aliphatic heterocycles. The van der Waals surface area contributed by atoms with Crippen LogP contribution in [0.15, 0.2) is 28.7 Å². The van der Waals surface area contributed by atoms with E-state index in [-0.39, 0.29) is 11.8 Å². The molecule has 0 spiro atoms. The van der Waals surface area contributed by atoms with E-state index in [1.807, 2.05) is 18.2 Å². The van der Waals surface area contributed by atoms with Gasteiger partial charge in [-0.3, -0.25) is 9.59 Å². The molecular weight excluding hydrogens is 374 g/mol. The molecule has 0 unspecified atom stereocenters. The summed E-state index contributed by atoms with van der Waals surface area (Å²) in [5.41, 5.74) is 0.575. The highest BCUT2D eigenvalue weighted by Gasteiger charge is 2.13. The normalized spacial score (nSPS) is 15.0. The number of carbonyl (C=O) groups excluding carboxylic acids is 2. The van der Waals surface area contributed by atoms with Gasteiger partial charge in [-0.05, 0) is 28.1 Å². The second kappa shape index (κ2) is 10.4. The maximum Gasteiger partial charge on any atom is 0.252 e. The molecule has 0 radical (unpaired) electrons. The third-order valence-electron chi connectivity index (χ3n) is 3.99. The maximum atomic E-state index is 12.0. The minimum atomic E-state index is -0.175. The molecule has 2 rings (SSSR count). The maximum absolute atomic E-state index is 12.0. The van der Waals surface area contributed by atoms with Gasteiger partial charge in [0.15, 0.2) is 0 Å². The largest absolute Gasteiger partial charge is 0.370 e. The quantitative estimate of drug-likeness (QED) is 0.539. The number of morpholine rings is 1. The Kier molecular flexibility index (Phi) is 8.21. The Bertz CT molecular complexity index is 548. The summed E-state index contributed by atoms with van der Waals surface area (Å²) in [5, 5.41) is 5.67. The van der Waals surface area contributed by atoms with Crippen molar-refractivity contribution in [2.45, 2.75) is 12.8 Å². The Labute approximate surface area is 151 Å². The first kappa shape index (κ1) is 18.9. The summed E-state index contributed by atoms with van der Waals surface area (Å²) in [6, 6.07) is 7.22. The Morgan fingerprint density at radius 1 is 1.12 bits per heavy atom. The van der Waals surface area contributed by atoms with Crippen LogP contribution < -0.4 is 15.5 Å². The van der Waals surface area contributed by atoms with Crippen LogP contribution in [0.2, 0.25) is 0 Å². The molecule has 3 N–H and O–H groups in total. The Balaban J connectivity index is 1.54. The fraction of sp³-hybridized carbons (Fsp3) is 0.529. The molecule has 7 heteroatoms. The first-order valence-corrected chi connectivity index (χ1v) is 9.17. The van der Waals surface area contributed by atoms with Gasteiger partial charge in [0.25, 0.3) is 5.91 Å². The molecular formula is C17H25BrN3O3+. The molecule has 0 aliphatic carbocycles. The molecule has 0 atom stereocenters. The Hall–Kier alpha value is -1.44. The van der Waals surface area contributed by atoms with Crippen molar-refractivity contribution in [3.05, 3.63) is 34.3 Å². The summed E-state index contributed by atoms with van der Waals surface area (Å²) < 4.78 is 6.07. The Morgan fingerprint density at radius 2 is 1.88 bits per heavy atom. The number of hydrogen-bond donors (Lipinski definition) is 3. The van der Waals surface area contributed by atoms with Crippen LogP contribution in [-0.4, -0.2) is 57.8 Å². The van der Waals surface area contributed by atoms with E-state index in [4.69, 9.17) is 4.74 Å². The third kappa shape index (κ3) is 6.59. The van der Waals surface area contributed by atoms with Gasteiger partial charge >= 0.3 is 0 Å². The van der Waals surface area contributed by atoms with E-state index in [0.717, 1.165) is 43.7 Å². The highest BCUT2D eigenvalue weighted by atomic mass is 79.9. The summed E-state index contributed by atoms with van der Waals surface area (Å²) in [6.45, 7) is 5.84. The van der Waals surface area contributed by atoms with Gasteiger partial charge in [0, 0.05) is 30.4 Å². The molecule has 1 aromatic carbocycles. The van der Waals surface area contributed by atoms with Crippen LogP contribution >= 0.6 is 15.9 Å². The molecule has 2 amide bonds. The summed E-state index contributed by atoms with van der Waals surface area (Å²) in [5.74, 6) is -0.203. The number of benzene rings is 1. The van der Waals surface area contributed by atoms with Crippen molar-refractivity contribution in [2.75, 3.05) is 45.9 Å². The van der Waals surface area contributed by atoms with Crippen LogP contribution in [0.4, 0.5) is 0 Å². The zero-order valence-electron chi connectivity index (χ0n) is 13.8. The van der Waals surface area contributed by atoms with Gasteiger partial charge in [-0.15, -0.1) is 0 Å². The molecule has 1 aliphatic rings. The predicted octanol–water partition coefficient (Wildman–Crippen LogP) is -0.00960. The van der Waals surface area contributed by atoms with E-state index in [2.05, 4.69) is 26.6 Å². The number of hydrogen-bond acceptors (Lipinski definition) is 3. The van der Waals surface area contributed by atoms with E-state index >= 15 is 0 Å². The number of amides is 2. The minimum Gasteiger partial charge on any atom is -0.370 e. The van der Waals surface area contributed by atoms with Crippen LogP contribution in [0.1, 0.15) is 23.2 Å². The highest BCUT2D eigenvalue weighted by molar-refractivity contribution is 9.10. The molecule has 24 heavy (non-hydrogen) atoms. The highest BCUT2D eigenvalue weighted by Crippen LogP contribution is 2.15. The first-order chi connectivity index (χ1) is 11.7. The van der Waals surface area contributed by atoms with Crippen LogP contribution in [-0.2, 0) is 9.53 Å². The number of carbonyl (C=O) groups is 2. The minimum absolute atomic E-state index is 0.0283. The molecule has 1 heterocycles. The standard InChI is InChI=1S/C17H24BrN3O3/c18-15-5-2-1-4-14(15)17(23)20-8-6-16(22)19-7-3-9-21-10-12-24-13-11-21/h1-2,4-5H,3,6-13H2,(H,19,22)(H,20,23)/p+1. The average molecular weight is 399 g/mol. The van der Waals surface area contributed by atoms with Crippen molar-refractivity contribution in [1.82, 2.24) is 10.6 Å².